The summed E-state index contributed by atoms with van der Waals surface area (Å²) < 4.78 is 58.5. The van der Waals surface area contributed by atoms with E-state index in [4.69, 9.17) is 10.5 Å². The van der Waals surface area contributed by atoms with Crippen LogP contribution in [0.2, 0.25) is 0 Å². The van der Waals surface area contributed by atoms with Crippen LogP contribution in [0.15, 0.2) is 66.7 Å². The van der Waals surface area contributed by atoms with Crippen LogP contribution in [-0.4, -0.2) is 19.2 Å². The molecular formula is C25H20F4N2O2. The highest BCUT2D eigenvalue weighted by molar-refractivity contribution is 5.79. The molecular weight excluding hydrogens is 436 g/mol. The molecule has 0 atom stereocenters. The van der Waals surface area contributed by atoms with Gasteiger partial charge in [0, 0.05) is 12.5 Å². The van der Waals surface area contributed by atoms with Crippen molar-refractivity contribution in [3.05, 3.63) is 94.8 Å². The van der Waals surface area contributed by atoms with Gasteiger partial charge in [0.15, 0.2) is 0 Å². The zero-order valence-corrected chi connectivity index (χ0v) is 17.3. The molecule has 1 aliphatic rings. The third-order valence-corrected chi connectivity index (χ3v) is 5.48. The van der Waals surface area contributed by atoms with E-state index in [9.17, 15) is 22.4 Å². The number of amides is 1. The second-order valence-corrected chi connectivity index (χ2v) is 7.57. The number of hydrogen-bond donors (Lipinski definition) is 2. The van der Waals surface area contributed by atoms with Gasteiger partial charge >= 0.3 is 12.3 Å². The smallest absolute Gasteiger partial charge is 0.417 e. The molecule has 8 heteroatoms. The number of nitrogens with one attached hydrogen (secondary N) is 1. The molecule has 33 heavy (non-hydrogen) atoms. The second-order valence-electron chi connectivity index (χ2n) is 7.57. The van der Waals surface area contributed by atoms with E-state index in [1.54, 1.807) is 0 Å². The lowest BCUT2D eigenvalue weighted by molar-refractivity contribution is -0.137. The molecule has 170 valence electrons. The van der Waals surface area contributed by atoms with Crippen molar-refractivity contribution in [2.45, 2.75) is 12.1 Å². The van der Waals surface area contributed by atoms with Crippen LogP contribution in [0.25, 0.3) is 17.2 Å². The molecule has 3 N–H and O–H groups in total. The van der Waals surface area contributed by atoms with Crippen molar-refractivity contribution in [3.8, 4) is 11.1 Å². The monoisotopic (exact) mass is 456 g/mol. The van der Waals surface area contributed by atoms with Crippen molar-refractivity contribution in [1.29, 1.82) is 0 Å². The summed E-state index contributed by atoms with van der Waals surface area (Å²) in [6.07, 6.45) is -3.04. The van der Waals surface area contributed by atoms with Crippen molar-refractivity contribution in [1.82, 2.24) is 5.32 Å². The van der Waals surface area contributed by atoms with Gasteiger partial charge in [0.2, 0.25) is 0 Å². The zero-order valence-electron chi connectivity index (χ0n) is 17.3. The Balaban J connectivity index is 1.37. The number of benzene rings is 3. The number of rotatable bonds is 5. The molecule has 0 bridgehead atoms. The van der Waals surface area contributed by atoms with Crippen molar-refractivity contribution in [2.75, 3.05) is 18.9 Å². The molecule has 0 aromatic heterocycles. The molecule has 0 heterocycles. The summed E-state index contributed by atoms with van der Waals surface area (Å²) in [5.41, 5.74) is 7.55. The first kappa shape index (κ1) is 22.4. The summed E-state index contributed by atoms with van der Waals surface area (Å²) in [5.74, 6) is -1.06. The molecule has 1 aliphatic carbocycles. The summed E-state index contributed by atoms with van der Waals surface area (Å²) in [6.45, 7) is 0.0188. The molecule has 4 nitrogen and oxygen atoms in total. The maximum Gasteiger partial charge on any atom is 0.417 e. The number of carbonyl (C=O) groups excluding carboxylic acids is 1. The molecule has 0 spiro atoms. The fourth-order valence-corrected chi connectivity index (χ4v) is 3.97. The van der Waals surface area contributed by atoms with E-state index in [0.717, 1.165) is 28.3 Å². The first-order valence-corrected chi connectivity index (χ1v) is 10.2. The minimum atomic E-state index is -4.69. The van der Waals surface area contributed by atoms with Crippen LogP contribution in [0.5, 0.6) is 0 Å². The fourth-order valence-electron chi connectivity index (χ4n) is 3.97. The lowest BCUT2D eigenvalue weighted by Gasteiger charge is -2.14. The van der Waals surface area contributed by atoms with E-state index in [-0.39, 0.29) is 24.6 Å². The van der Waals surface area contributed by atoms with E-state index >= 15 is 0 Å². The first-order chi connectivity index (χ1) is 15.8. The highest BCUT2D eigenvalue weighted by Gasteiger charge is 2.33. The third kappa shape index (κ3) is 4.69. The van der Waals surface area contributed by atoms with E-state index in [1.165, 1.54) is 6.08 Å². The Hall–Kier alpha value is -3.81. The number of nitrogens with two attached hydrogens (primary N) is 1. The van der Waals surface area contributed by atoms with Crippen LogP contribution in [-0.2, 0) is 10.9 Å². The Morgan fingerprint density at radius 1 is 1.03 bits per heavy atom. The Morgan fingerprint density at radius 2 is 1.64 bits per heavy atom. The summed E-state index contributed by atoms with van der Waals surface area (Å²) >= 11 is 0. The first-order valence-electron chi connectivity index (χ1n) is 10.2. The standard InChI is InChI=1S/C25H20F4N2O2/c26-22-12-15(21(13-23(22)30)25(27,28)29)6-5-11-31-24(32)33-14-20-18-9-3-1-7-16(18)17-8-2-4-10-19(17)20/h1-10,12-13,20H,11,14,30H2,(H,31,32). The van der Waals surface area contributed by atoms with Gasteiger partial charge in [-0.25, -0.2) is 9.18 Å². The number of hydrogen-bond acceptors (Lipinski definition) is 3. The summed E-state index contributed by atoms with van der Waals surface area (Å²) in [4.78, 5) is 12.1. The van der Waals surface area contributed by atoms with Crippen LogP contribution >= 0.6 is 0 Å². The van der Waals surface area contributed by atoms with Crippen molar-refractivity contribution >= 4 is 17.9 Å². The number of nitrogen functional groups attached to an aromatic ring is 1. The fraction of sp³-hybridized carbons (Fsp3) is 0.160. The summed E-state index contributed by atoms with van der Waals surface area (Å²) in [5, 5.41) is 2.46. The van der Waals surface area contributed by atoms with Gasteiger partial charge in [0.25, 0.3) is 0 Å². The maximum absolute atomic E-state index is 13.6. The van der Waals surface area contributed by atoms with Gasteiger partial charge in [0.1, 0.15) is 12.4 Å². The number of fused-ring (bicyclic) bond motifs is 3. The molecule has 0 saturated carbocycles. The molecule has 0 fully saturated rings. The average molecular weight is 456 g/mol. The maximum atomic E-state index is 13.6. The van der Waals surface area contributed by atoms with Gasteiger partial charge in [0.05, 0.1) is 11.3 Å². The lowest BCUT2D eigenvalue weighted by atomic mass is 9.98. The molecule has 0 radical (unpaired) electrons. The van der Waals surface area contributed by atoms with E-state index in [1.807, 2.05) is 48.5 Å². The predicted octanol–water partition coefficient (Wildman–Crippen LogP) is 5.98. The van der Waals surface area contributed by atoms with Crippen molar-refractivity contribution in [3.63, 3.8) is 0 Å². The van der Waals surface area contributed by atoms with Gasteiger partial charge in [-0.15, -0.1) is 0 Å². The number of carbonyl (C=O) groups is 1. The lowest BCUT2D eigenvalue weighted by Crippen LogP contribution is -2.26. The molecule has 0 unspecified atom stereocenters. The van der Waals surface area contributed by atoms with Crippen LogP contribution < -0.4 is 11.1 Å². The van der Waals surface area contributed by atoms with Crippen LogP contribution in [0, 0.1) is 5.82 Å². The number of anilines is 1. The van der Waals surface area contributed by atoms with Gasteiger partial charge in [-0.05, 0) is 39.9 Å². The van der Waals surface area contributed by atoms with E-state index in [2.05, 4.69) is 5.32 Å². The van der Waals surface area contributed by atoms with Crippen LogP contribution in [0.3, 0.4) is 0 Å². The largest absolute Gasteiger partial charge is 0.449 e. The number of halogens is 4. The number of alkyl carbamates (subject to hydrolysis) is 1. The molecule has 1 amide bonds. The van der Waals surface area contributed by atoms with Crippen molar-refractivity contribution < 1.29 is 27.1 Å². The van der Waals surface area contributed by atoms with Gasteiger partial charge in [-0.1, -0.05) is 60.7 Å². The minimum Gasteiger partial charge on any atom is -0.449 e. The summed E-state index contributed by atoms with van der Waals surface area (Å²) in [7, 11) is 0. The third-order valence-electron chi connectivity index (χ3n) is 5.48. The Morgan fingerprint density at radius 3 is 2.24 bits per heavy atom. The minimum absolute atomic E-state index is 0.0973. The number of ether oxygens (including phenoxy) is 1. The zero-order chi connectivity index (χ0) is 23.6. The Kier molecular flexibility index (Phi) is 6.09. The number of alkyl halides is 3. The van der Waals surface area contributed by atoms with E-state index in [0.29, 0.717) is 12.1 Å². The van der Waals surface area contributed by atoms with Gasteiger partial charge in [-0.3, -0.25) is 0 Å². The Labute approximate surface area is 187 Å². The molecule has 0 saturated heterocycles. The topological polar surface area (TPSA) is 64.3 Å². The second kappa shape index (κ2) is 8.97. The molecule has 4 rings (SSSR count). The van der Waals surface area contributed by atoms with Gasteiger partial charge < -0.3 is 15.8 Å². The Bertz CT molecular complexity index is 1180. The highest BCUT2D eigenvalue weighted by Crippen LogP contribution is 2.44. The normalized spacial score (nSPS) is 13.1. The van der Waals surface area contributed by atoms with E-state index < -0.39 is 29.3 Å². The van der Waals surface area contributed by atoms with Crippen molar-refractivity contribution in [2.24, 2.45) is 0 Å². The van der Waals surface area contributed by atoms with Crippen LogP contribution in [0.1, 0.15) is 28.2 Å². The molecule has 3 aromatic carbocycles. The molecule has 0 aliphatic heterocycles. The highest BCUT2D eigenvalue weighted by atomic mass is 19.4. The SMILES string of the molecule is Nc1cc(C(F)(F)F)c(C=CCNC(=O)OCC2c3ccccc3-c3ccccc32)cc1F. The predicted molar refractivity (Wildman–Crippen MR) is 118 cm³/mol. The quantitative estimate of drug-likeness (QED) is 0.367. The van der Waals surface area contributed by atoms with Gasteiger partial charge in [-0.2, -0.15) is 13.2 Å². The molecule has 3 aromatic rings. The summed E-state index contributed by atoms with van der Waals surface area (Å²) in [6, 6.07) is 17.1. The van der Waals surface area contributed by atoms with Crippen LogP contribution in [0.4, 0.5) is 28.0 Å². The average Bonchev–Trinajstić information content (AvgIpc) is 3.10.